The van der Waals surface area contributed by atoms with Crippen molar-refractivity contribution in [1.82, 2.24) is 4.90 Å². The zero-order chi connectivity index (χ0) is 14.4. The summed E-state index contributed by atoms with van der Waals surface area (Å²) >= 11 is 0. The quantitative estimate of drug-likeness (QED) is 0.538. The Morgan fingerprint density at radius 3 is 1.85 bits per heavy atom. The lowest BCUT2D eigenvalue weighted by Crippen LogP contribution is -2.50. The summed E-state index contributed by atoms with van der Waals surface area (Å²) in [5.74, 6) is 1.16. The normalized spacial score (nSPS) is 48.6. The summed E-state index contributed by atoms with van der Waals surface area (Å²) in [6, 6.07) is 0. The van der Waals surface area contributed by atoms with E-state index in [9.17, 15) is 9.59 Å². The zero-order valence-electron chi connectivity index (χ0n) is 12.4. The van der Waals surface area contributed by atoms with E-state index >= 15 is 0 Å². The van der Waals surface area contributed by atoms with E-state index in [0.717, 1.165) is 0 Å². The molecule has 0 spiro atoms. The van der Waals surface area contributed by atoms with Gasteiger partial charge in [0.15, 0.2) is 0 Å². The smallest absolute Gasteiger partial charge is 0.233 e. The minimum Gasteiger partial charge on any atom is -0.371 e. The number of carbonyl (C=O) groups excluding carboxylic acids is 2. The molecule has 4 aliphatic rings. The molecule has 0 aromatic rings. The van der Waals surface area contributed by atoms with Crippen LogP contribution in [0, 0.1) is 35.5 Å². The average Bonchev–Trinajstić information content (AvgIpc) is 2.83. The lowest BCUT2D eigenvalue weighted by molar-refractivity contribution is -0.138. The molecule has 20 heavy (non-hydrogen) atoms. The summed E-state index contributed by atoms with van der Waals surface area (Å²) in [6.07, 6.45) is 4.59. The third-order valence-corrected chi connectivity index (χ3v) is 5.58. The van der Waals surface area contributed by atoms with Gasteiger partial charge in [0.2, 0.25) is 11.8 Å². The van der Waals surface area contributed by atoms with E-state index in [0.29, 0.717) is 23.7 Å². The molecule has 1 saturated heterocycles. The summed E-state index contributed by atoms with van der Waals surface area (Å²) in [7, 11) is 1.62. The monoisotopic (exact) mass is 275 g/mol. The van der Waals surface area contributed by atoms with Crippen LogP contribution in [-0.2, 0) is 14.3 Å². The first kappa shape index (κ1) is 12.6. The summed E-state index contributed by atoms with van der Waals surface area (Å²) in [5, 5.41) is 0. The van der Waals surface area contributed by atoms with Crippen molar-refractivity contribution < 1.29 is 14.3 Å². The zero-order valence-corrected chi connectivity index (χ0v) is 12.4. The average molecular weight is 275 g/mol. The molecule has 2 amide bonds. The summed E-state index contributed by atoms with van der Waals surface area (Å²) < 4.78 is 6.23. The first-order chi connectivity index (χ1) is 9.31. The maximum Gasteiger partial charge on any atom is 0.233 e. The van der Waals surface area contributed by atoms with Crippen LogP contribution in [0.25, 0.3) is 0 Å². The van der Waals surface area contributed by atoms with Crippen molar-refractivity contribution in [2.24, 2.45) is 35.5 Å². The predicted octanol–water partition coefficient (Wildman–Crippen LogP) is 1.46. The van der Waals surface area contributed by atoms with Crippen LogP contribution >= 0.6 is 0 Å². The molecule has 6 atom stereocenters. The van der Waals surface area contributed by atoms with Crippen molar-refractivity contribution in [1.29, 1.82) is 0 Å². The van der Waals surface area contributed by atoms with E-state index in [-0.39, 0.29) is 35.4 Å². The third kappa shape index (κ3) is 1.31. The lowest BCUT2D eigenvalue weighted by Gasteiger charge is -2.46. The van der Waals surface area contributed by atoms with Gasteiger partial charge in [0.1, 0.15) is 0 Å². The van der Waals surface area contributed by atoms with Gasteiger partial charge < -0.3 is 4.74 Å². The number of hydrogen-bond acceptors (Lipinski definition) is 3. The van der Waals surface area contributed by atoms with Crippen molar-refractivity contribution in [3.8, 4) is 0 Å². The SMILES string of the molecule is CN1C(=O)C2C(C1=O)C1C3C=CC(C3OC(C)(C)C)C21. The number of likely N-dealkylation sites (tertiary alicyclic amines) is 1. The van der Waals surface area contributed by atoms with Crippen LogP contribution in [0.3, 0.4) is 0 Å². The molecule has 6 unspecified atom stereocenters. The molecular weight excluding hydrogens is 254 g/mol. The Bertz CT molecular complexity index is 494. The number of nitrogens with zero attached hydrogens (tertiary/aromatic N) is 1. The predicted molar refractivity (Wildman–Crippen MR) is 72.5 cm³/mol. The molecular formula is C16H21NO3. The maximum atomic E-state index is 12.2. The van der Waals surface area contributed by atoms with Crippen molar-refractivity contribution in [3.05, 3.63) is 12.2 Å². The van der Waals surface area contributed by atoms with E-state index < -0.39 is 0 Å². The first-order valence-electron chi connectivity index (χ1n) is 7.49. The number of carbonyl (C=O) groups is 2. The molecule has 4 nitrogen and oxygen atoms in total. The van der Waals surface area contributed by atoms with Gasteiger partial charge >= 0.3 is 0 Å². The fraction of sp³-hybridized carbons (Fsp3) is 0.750. The second-order valence-corrected chi connectivity index (χ2v) is 7.68. The second-order valence-electron chi connectivity index (χ2n) is 7.68. The maximum absolute atomic E-state index is 12.2. The molecule has 4 heteroatoms. The van der Waals surface area contributed by atoms with Gasteiger partial charge in [-0.05, 0) is 32.6 Å². The van der Waals surface area contributed by atoms with Gasteiger partial charge in [0.05, 0.1) is 23.5 Å². The van der Waals surface area contributed by atoms with Gasteiger partial charge in [-0.2, -0.15) is 0 Å². The van der Waals surface area contributed by atoms with Gasteiger partial charge in [-0.3, -0.25) is 14.5 Å². The Morgan fingerprint density at radius 2 is 1.45 bits per heavy atom. The minimum absolute atomic E-state index is 0.0247. The Hall–Kier alpha value is -1.16. The fourth-order valence-corrected chi connectivity index (χ4v) is 4.99. The largest absolute Gasteiger partial charge is 0.371 e. The van der Waals surface area contributed by atoms with Crippen LogP contribution in [0.15, 0.2) is 12.2 Å². The van der Waals surface area contributed by atoms with E-state index in [4.69, 9.17) is 4.74 Å². The van der Waals surface area contributed by atoms with Crippen molar-refractivity contribution in [3.63, 3.8) is 0 Å². The topological polar surface area (TPSA) is 46.6 Å². The van der Waals surface area contributed by atoms with Gasteiger partial charge in [-0.25, -0.2) is 0 Å². The number of rotatable bonds is 1. The molecule has 3 fully saturated rings. The minimum atomic E-state index is -0.184. The molecule has 4 rings (SSSR count). The van der Waals surface area contributed by atoms with E-state index in [1.807, 2.05) is 0 Å². The highest BCUT2D eigenvalue weighted by molar-refractivity contribution is 6.06. The van der Waals surface area contributed by atoms with Gasteiger partial charge in [-0.15, -0.1) is 0 Å². The molecule has 3 aliphatic carbocycles. The van der Waals surface area contributed by atoms with Crippen LogP contribution in [0.2, 0.25) is 0 Å². The highest BCUT2D eigenvalue weighted by Gasteiger charge is 2.73. The van der Waals surface area contributed by atoms with Crippen LogP contribution in [0.5, 0.6) is 0 Å². The second kappa shape index (κ2) is 3.53. The summed E-state index contributed by atoms with van der Waals surface area (Å²) in [5.41, 5.74) is -0.184. The number of fused-ring (bicyclic) bond motifs is 8. The van der Waals surface area contributed by atoms with Crippen molar-refractivity contribution in [2.75, 3.05) is 7.05 Å². The van der Waals surface area contributed by atoms with Crippen LogP contribution in [-0.4, -0.2) is 35.5 Å². The molecule has 0 aromatic heterocycles. The summed E-state index contributed by atoms with van der Waals surface area (Å²) in [6.45, 7) is 6.20. The summed E-state index contributed by atoms with van der Waals surface area (Å²) in [4.78, 5) is 25.8. The van der Waals surface area contributed by atoms with Crippen molar-refractivity contribution >= 4 is 11.8 Å². The number of imide groups is 1. The fourth-order valence-electron chi connectivity index (χ4n) is 4.99. The molecule has 0 radical (unpaired) electrons. The first-order valence-corrected chi connectivity index (χ1v) is 7.49. The number of hydrogen-bond donors (Lipinski definition) is 0. The number of ether oxygens (including phenoxy) is 1. The van der Waals surface area contributed by atoms with Gasteiger partial charge in [-0.1, -0.05) is 12.2 Å². The van der Waals surface area contributed by atoms with E-state index in [2.05, 4.69) is 32.9 Å². The van der Waals surface area contributed by atoms with E-state index in [1.165, 1.54) is 4.90 Å². The van der Waals surface area contributed by atoms with Gasteiger partial charge in [0.25, 0.3) is 0 Å². The molecule has 1 heterocycles. The highest BCUT2D eigenvalue weighted by Crippen LogP contribution is 2.67. The molecule has 1 aliphatic heterocycles. The standard InChI is InChI=1S/C16H21NO3/c1-16(2,3)20-13-7-5-6-8(13)10-9(7)11-12(10)15(19)17(4)14(11)18/h5-13H,1-4H3. The van der Waals surface area contributed by atoms with Crippen LogP contribution < -0.4 is 0 Å². The van der Waals surface area contributed by atoms with Crippen LogP contribution in [0.4, 0.5) is 0 Å². The Labute approximate surface area is 119 Å². The lowest BCUT2D eigenvalue weighted by atomic mass is 9.54. The highest BCUT2D eigenvalue weighted by atomic mass is 16.5. The molecule has 0 N–H and O–H groups in total. The van der Waals surface area contributed by atoms with Gasteiger partial charge in [0, 0.05) is 18.9 Å². The molecule has 108 valence electrons. The molecule has 0 aromatic carbocycles. The third-order valence-electron chi connectivity index (χ3n) is 5.58. The molecule has 2 bridgehead atoms. The molecule has 2 saturated carbocycles. The van der Waals surface area contributed by atoms with Crippen LogP contribution in [0.1, 0.15) is 20.8 Å². The Morgan fingerprint density at radius 1 is 1.00 bits per heavy atom. The Kier molecular flexibility index (Phi) is 2.22. The van der Waals surface area contributed by atoms with E-state index in [1.54, 1.807) is 7.05 Å². The number of amides is 2. The Balaban J connectivity index is 1.65. The van der Waals surface area contributed by atoms with Crippen molar-refractivity contribution in [2.45, 2.75) is 32.5 Å².